The molecule has 0 aliphatic carbocycles. The zero-order valence-corrected chi connectivity index (χ0v) is 12.7. The minimum Gasteiger partial charge on any atom is -0.369 e. The van der Waals surface area contributed by atoms with Crippen LogP contribution >= 0.6 is 0 Å². The fourth-order valence-electron chi connectivity index (χ4n) is 3.30. The average molecular weight is 294 g/mol. The van der Waals surface area contributed by atoms with Crippen molar-refractivity contribution in [2.45, 2.75) is 43.2 Å². The lowest BCUT2D eigenvalue weighted by Crippen LogP contribution is -2.36. The largest absolute Gasteiger partial charge is 0.369 e. The first-order chi connectivity index (χ1) is 9.60. The van der Waals surface area contributed by atoms with Crippen LogP contribution in [0.4, 0.5) is 5.69 Å². The van der Waals surface area contributed by atoms with Crippen molar-refractivity contribution < 1.29 is 8.42 Å². The third kappa shape index (κ3) is 2.56. The first-order valence-electron chi connectivity index (χ1n) is 7.43. The van der Waals surface area contributed by atoms with E-state index in [4.69, 9.17) is 0 Å². The standard InChI is InChI=1S/C15H22N2O2S/c1-2-20(18,19)15-6-4-3-5-14(15)17-10-9-12-7-8-13(11-17)16-12/h3-6,12-13,16H,2,7-11H2,1H3. The topological polar surface area (TPSA) is 49.4 Å². The summed E-state index contributed by atoms with van der Waals surface area (Å²) in [7, 11) is -3.17. The molecule has 20 heavy (non-hydrogen) atoms. The smallest absolute Gasteiger partial charge is 0.180 e. The Kier molecular flexibility index (Phi) is 3.73. The lowest BCUT2D eigenvalue weighted by atomic mass is 10.1. The van der Waals surface area contributed by atoms with E-state index in [0.29, 0.717) is 17.0 Å². The van der Waals surface area contributed by atoms with Crippen molar-refractivity contribution in [1.29, 1.82) is 0 Å². The second-order valence-electron chi connectivity index (χ2n) is 5.74. The van der Waals surface area contributed by atoms with Gasteiger partial charge >= 0.3 is 0 Å². The van der Waals surface area contributed by atoms with E-state index in [1.165, 1.54) is 12.8 Å². The highest BCUT2D eigenvalue weighted by Gasteiger charge is 2.31. The van der Waals surface area contributed by atoms with Crippen molar-refractivity contribution in [3.8, 4) is 0 Å². The molecule has 1 aromatic rings. The van der Waals surface area contributed by atoms with Crippen molar-refractivity contribution in [1.82, 2.24) is 5.32 Å². The van der Waals surface area contributed by atoms with Gasteiger partial charge in [0.15, 0.2) is 9.84 Å². The summed E-state index contributed by atoms with van der Waals surface area (Å²) in [6.07, 6.45) is 3.55. The highest BCUT2D eigenvalue weighted by atomic mass is 32.2. The molecule has 5 heteroatoms. The first kappa shape index (κ1) is 13.9. The van der Waals surface area contributed by atoms with Crippen LogP contribution in [0.25, 0.3) is 0 Å². The molecule has 2 bridgehead atoms. The van der Waals surface area contributed by atoms with Crippen molar-refractivity contribution >= 4 is 15.5 Å². The fraction of sp³-hybridized carbons (Fsp3) is 0.600. The van der Waals surface area contributed by atoms with Crippen LogP contribution in [0.15, 0.2) is 29.2 Å². The van der Waals surface area contributed by atoms with Crippen molar-refractivity contribution in [2.75, 3.05) is 23.7 Å². The summed E-state index contributed by atoms with van der Waals surface area (Å²) >= 11 is 0. The van der Waals surface area contributed by atoms with Gasteiger partial charge in [0, 0.05) is 25.2 Å². The van der Waals surface area contributed by atoms with E-state index in [2.05, 4.69) is 10.2 Å². The Morgan fingerprint density at radius 3 is 2.75 bits per heavy atom. The maximum absolute atomic E-state index is 12.3. The summed E-state index contributed by atoms with van der Waals surface area (Å²) in [6.45, 7) is 3.55. The lowest BCUT2D eigenvalue weighted by molar-refractivity contribution is 0.563. The van der Waals surface area contributed by atoms with E-state index in [1.54, 1.807) is 13.0 Å². The summed E-state index contributed by atoms with van der Waals surface area (Å²) in [5, 5.41) is 3.63. The SMILES string of the molecule is CCS(=O)(=O)c1ccccc1N1CCC2CCC(C1)N2. The predicted octanol–water partition coefficient (Wildman–Crippen LogP) is 1.81. The number of fused-ring (bicyclic) bond motifs is 2. The number of anilines is 1. The van der Waals surface area contributed by atoms with Gasteiger partial charge in [0.1, 0.15) is 0 Å². The molecule has 3 rings (SSSR count). The van der Waals surface area contributed by atoms with E-state index in [-0.39, 0.29) is 5.75 Å². The van der Waals surface area contributed by atoms with Crippen LogP contribution in [0.5, 0.6) is 0 Å². The molecule has 0 aromatic heterocycles. The van der Waals surface area contributed by atoms with Crippen LogP contribution < -0.4 is 10.2 Å². The van der Waals surface area contributed by atoms with Gasteiger partial charge < -0.3 is 10.2 Å². The fourth-order valence-corrected chi connectivity index (χ4v) is 4.41. The maximum Gasteiger partial charge on any atom is 0.180 e. The minimum atomic E-state index is -3.17. The normalized spacial score (nSPS) is 26.6. The molecule has 2 unspecified atom stereocenters. The van der Waals surface area contributed by atoms with Gasteiger partial charge in [-0.3, -0.25) is 0 Å². The number of sulfone groups is 1. The Labute approximate surface area is 121 Å². The molecule has 2 fully saturated rings. The Morgan fingerprint density at radius 2 is 1.95 bits per heavy atom. The molecule has 4 nitrogen and oxygen atoms in total. The Balaban J connectivity index is 1.94. The molecule has 2 aliphatic rings. The highest BCUT2D eigenvalue weighted by Crippen LogP contribution is 2.30. The van der Waals surface area contributed by atoms with Gasteiger partial charge in [0.25, 0.3) is 0 Å². The van der Waals surface area contributed by atoms with Gasteiger partial charge in [-0.2, -0.15) is 0 Å². The van der Waals surface area contributed by atoms with E-state index in [0.717, 1.165) is 25.2 Å². The molecule has 2 aliphatic heterocycles. The van der Waals surface area contributed by atoms with Gasteiger partial charge in [0.2, 0.25) is 0 Å². The van der Waals surface area contributed by atoms with E-state index in [9.17, 15) is 8.42 Å². The van der Waals surface area contributed by atoms with Crippen molar-refractivity contribution in [3.63, 3.8) is 0 Å². The molecule has 110 valence electrons. The second-order valence-corrected chi connectivity index (χ2v) is 7.99. The summed E-state index contributed by atoms with van der Waals surface area (Å²) in [6, 6.07) is 8.54. The van der Waals surface area contributed by atoms with E-state index >= 15 is 0 Å². The Morgan fingerprint density at radius 1 is 1.20 bits per heavy atom. The first-order valence-corrected chi connectivity index (χ1v) is 9.08. The number of hydrogen-bond acceptors (Lipinski definition) is 4. The Bertz CT molecular complexity index is 585. The molecule has 0 saturated carbocycles. The van der Waals surface area contributed by atoms with Crippen LogP contribution in [-0.4, -0.2) is 39.3 Å². The van der Waals surface area contributed by atoms with Crippen LogP contribution in [0.2, 0.25) is 0 Å². The number of hydrogen-bond donors (Lipinski definition) is 1. The summed E-state index contributed by atoms with van der Waals surface area (Å²) in [5.41, 5.74) is 0.878. The van der Waals surface area contributed by atoms with Crippen molar-refractivity contribution in [3.05, 3.63) is 24.3 Å². The lowest BCUT2D eigenvalue weighted by Gasteiger charge is -2.28. The summed E-state index contributed by atoms with van der Waals surface area (Å²) < 4.78 is 24.5. The monoisotopic (exact) mass is 294 g/mol. The van der Waals surface area contributed by atoms with Gasteiger partial charge in [-0.15, -0.1) is 0 Å². The third-order valence-corrected chi connectivity index (χ3v) is 6.22. The number of benzene rings is 1. The van der Waals surface area contributed by atoms with Gasteiger partial charge in [-0.05, 0) is 31.4 Å². The molecular weight excluding hydrogens is 272 g/mol. The van der Waals surface area contributed by atoms with Crippen molar-refractivity contribution in [2.24, 2.45) is 0 Å². The highest BCUT2D eigenvalue weighted by molar-refractivity contribution is 7.91. The minimum absolute atomic E-state index is 0.155. The molecule has 2 heterocycles. The summed E-state index contributed by atoms with van der Waals surface area (Å²) in [5.74, 6) is 0.155. The van der Waals surface area contributed by atoms with Gasteiger partial charge in [0.05, 0.1) is 16.3 Å². The molecule has 2 atom stereocenters. The molecule has 0 radical (unpaired) electrons. The van der Waals surface area contributed by atoms with Crippen LogP contribution in [-0.2, 0) is 9.84 Å². The van der Waals surface area contributed by atoms with Crippen LogP contribution in [0.3, 0.4) is 0 Å². The molecule has 1 N–H and O–H groups in total. The predicted molar refractivity (Wildman–Crippen MR) is 80.9 cm³/mol. The molecule has 0 spiro atoms. The molecule has 0 amide bonds. The Hall–Kier alpha value is -1.07. The molecular formula is C15H22N2O2S. The summed E-state index contributed by atoms with van der Waals surface area (Å²) in [4.78, 5) is 2.74. The van der Waals surface area contributed by atoms with Crippen LogP contribution in [0, 0.1) is 0 Å². The third-order valence-electron chi connectivity index (χ3n) is 4.44. The maximum atomic E-state index is 12.3. The number of para-hydroxylation sites is 1. The average Bonchev–Trinajstić information content (AvgIpc) is 2.78. The second kappa shape index (κ2) is 5.37. The van der Waals surface area contributed by atoms with Gasteiger partial charge in [-0.25, -0.2) is 8.42 Å². The number of nitrogens with one attached hydrogen (secondary N) is 1. The van der Waals surface area contributed by atoms with E-state index in [1.807, 2.05) is 18.2 Å². The number of rotatable bonds is 3. The van der Waals surface area contributed by atoms with Crippen LogP contribution in [0.1, 0.15) is 26.2 Å². The van der Waals surface area contributed by atoms with Gasteiger partial charge in [-0.1, -0.05) is 19.1 Å². The van der Waals surface area contributed by atoms with E-state index < -0.39 is 9.84 Å². The zero-order chi connectivity index (χ0) is 14.2. The quantitative estimate of drug-likeness (QED) is 0.924. The zero-order valence-electron chi connectivity index (χ0n) is 11.9. The number of nitrogens with zero attached hydrogens (tertiary/aromatic N) is 1. The molecule has 1 aromatic carbocycles. The molecule has 2 saturated heterocycles.